The van der Waals surface area contributed by atoms with Crippen LogP contribution in [0.2, 0.25) is 0 Å². The highest BCUT2D eigenvalue weighted by Crippen LogP contribution is 2.17. The second kappa shape index (κ2) is 9.82. The molecule has 1 atom stereocenters. The van der Waals surface area contributed by atoms with Crippen molar-refractivity contribution in [3.05, 3.63) is 65.2 Å². The van der Waals surface area contributed by atoms with Crippen LogP contribution in [-0.2, 0) is 0 Å². The van der Waals surface area contributed by atoms with Crippen LogP contribution in [0, 0.1) is 13.8 Å². The topological polar surface area (TPSA) is 61.8 Å². The van der Waals surface area contributed by atoms with Crippen LogP contribution >= 0.6 is 0 Å². The number of urea groups is 1. The lowest BCUT2D eigenvalue weighted by atomic mass is 10.1. The Labute approximate surface area is 155 Å². The molecule has 0 fully saturated rings. The van der Waals surface area contributed by atoms with Crippen molar-refractivity contribution in [1.29, 1.82) is 0 Å². The first kappa shape index (κ1) is 19.8. The fourth-order valence-electron chi connectivity index (χ4n) is 2.52. The Balaban J connectivity index is 1.66. The fourth-order valence-corrected chi connectivity index (χ4v) is 2.52. The average Bonchev–Trinajstić information content (AvgIpc) is 2.66. The molecule has 0 aromatic heterocycles. The Morgan fingerprint density at radius 3 is 2.58 bits per heavy atom. The molecule has 1 unspecified atom stereocenters. The van der Waals surface area contributed by atoms with Gasteiger partial charge in [-0.3, -0.25) is 0 Å². The summed E-state index contributed by atoms with van der Waals surface area (Å²) in [6, 6.07) is 15.2. The van der Waals surface area contributed by atoms with E-state index in [1.807, 2.05) is 55.5 Å². The van der Waals surface area contributed by atoms with Crippen LogP contribution in [0.1, 0.15) is 29.2 Å². The number of carbonyl (C=O) groups is 1. The molecular weight excluding hydrogens is 328 g/mol. The Kier molecular flexibility index (Phi) is 7.48. The first-order valence-corrected chi connectivity index (χ1v) is 8.89. The predicted molar refractivity (Wildman–Crippen MR) is 103 cm³/mol. The van der Waals surface area contributed by atoms with Gasteiger partial charge < -0.3 is 20.1 Å². The van der Waals surface area contributed by atoms with Gasteiger partial charge in [0, 0.05) is 13.6 Å². The Hall–Kier alpha value is -2.53. The monoisotopic (exact) mass is 356 g/mol. The minimum atomic E-state index is -0.570. The van der Waals surface area contributed by atoms with Crippen molar-refractivity contribution in [3.8, 4) is 5.75 Å². The van der Waals surface area contributed by atoms with Gasteiger partial charge in [0.15, 0.2) is 0 Å². The van der Waals surface area contributed by atoms with Crippen LogP contribution in [0.3, 0.4) is 0 Å². The van der Waals surface area contributed by atoms with Gasteiger partial charge >= 0.3 is 6.03 Å². The quantitative estimate of drug-likeness (QED) is 0.712. The highest BCUT2D eigenvalue weighted by molar-refractivity contribution is 5.73. The summed E-state index contributed by atoms with van der Waals surface area (Å²) in [7, 11) is 1.72. The van der Waals surface area contributed by atoms with Crippen LogP contribution in [0.25, 0.3) is 0 Å². The van der Waals surface area contributed by atoms with Crippen LogP contribution < -0.4 is 10.1 Å². The van der Waals surface area contributed by atoms with Gasteiger partial charge in [0.25, 0.3) is 0 Å². The predicted octanol–water partition coefficient (Wildman–Crippen LogP) is 3.45. The Morgan fingerprint density at radius 2 is 1.88 bits per heavy atom. The Bertz CT molecular complexity index is 704. The number of hydrogen-bond donors (Lipinski definition) is 2. The van der Waals surface area contributed by atoms with E-state index in [-0.39, 0.29) is 6.03 Å². The molecule has 26 heavy (non-hydrogen) atoms. The highest BCUT2D eigenvalue weighted by Gasteiger charge is 2.12. The molecule has 0 spiro atoms. The summed E-state index contributed by atoms with van der Waals surface area (Å²) < 4.78 is 5.65. The minimum absolute atomic E-state index is 0.172. The molecule has 0 radical (unpaired) electrons. The summed E-state index contributed by atoms with van der Waals surface area (Å²) in [4.78, 5) is 13.7. The number of nitrogens with one attached hydrogen (secondary N) is 1. The van der Waals surface area contributed by atoms with Crippen LogP contribution in [0.5, 0.6) is 5.75 Å². The van der Waals surface area contributed by atoms with E-state index < -0.39 is 6.10 Å². The van der Waals surface area contributed by atoms with E-state index in [1.165, 1.54) is 11.1 Å². The van der Waals surface area contributed by atoms with Crippen molar-refractivity contribution in [1.82, 2.24) is 10.2 Å². The molecule has 2 aromatic carbocycles. The number of carbonyl (C=O) groups excluding carboxylic acids is 1. The molecule has 0 aliphatic heterocycles. The van der Waals surface area contributed by atoms with Crippen LogP contribution in [0.15, 0.2) is 48.5 Å². The minimum Gasteiger partial charge on any atom is -0.492 e. The first-order chi connectivity index (χ1) is 12.5. The standard InChI is InChI=1S/C21H28N2O3/c1-16-9-10-19(15-17(16)2)26-14-12-22-21(25)23(3)13-11-20(24)18-7-5-4-6-8-18/h4-10,15,20,24H,11-14H2,1-3H3,(H,22,25). The van der Waals surface area contributed by atoms with Crippen molar-refractivity contribution in [2.75, 3.05) is 26.7 Å². The van der Waals surface area contributed by atoms with Gasteiger partial charge in [-0.25, -0.2) is 4.79 Å². The molecule has 2 aromatic rings. The molecule has 5 heteroatoms. The van der Waals surface area contributed by atoms with E-state index in [2.05, 4.69) is 12.2 Å². The lowest BCUT2D eigenvalue weighted by Gasteiger charge is -2.20. The van der Waals surface area contributed by atoms with E-state index in [0.717, 1.165) is 11.3 Å². The highest BCUT2D eigenvalue weighted by atomic mass is 16.5. The second-order valence-corrected chi connectivity index (χ2v) is 6.46. The number of rotatable bonds is 8. The van der Waals surface area contributed by atoms with Crippen LogP contribution in [0.4, 0.5) is 4.79 Å². The number of hydrogen-bond acceptors (Lipinski definition) is 3. The maximum absolute atomic E-state index is 12.1. The van der Waals surface area contributed by atoms with E-state index >= 15 is 0 Å². The third-order valence-electron chi connectivity index (χ3n) is 4.39. The van der Waals surface area contributed by atoms with E-state index in [4.69, 9.17) is 4.74 Å². The maximum Gasteiger partial charge on any atom is 0.317 e. The second-order valence-electron chi connectivity index (χ2n) is 6.46. The summed E-state index contributed by atoms with van der Waals surface area (Å²) in [6.07, 6.45) is -0.0767. The van der Waals surface area contributed by atoms with Crippen molar-refractivity contribution < 1.29 is 14.6 Å². The maximum atomic E-state index is 12.1. The van der Waals surface area contributed by atoms with Crippen molar-refractivity contribution in [2.24, 2.45) is 0 Å². The molecular formula is C21H28N2O3. The first-order valence-electron chi connectivity index (χ1n) is 8.89. The van der Waals surface area contributed by atoms with Gasteiger partial charge in [0.2, 0.25) is 0 Å². The molecule has 0 bridgehead atoms. The third-order valence-corrected chi connectivity index (χ3v) is 4.39. The SMILES string of the molecule is Cc1ccc(OCCNC(=O)N(C)CCC(O)c2ccccc2)cc1C. The van der Waals surface area contributed by atoms with Gasteiger partial charge in [-0.2, -0.15) is 0 Å². The molecule has 0 heterocycles. The zero-order valence-electron chi connectivity index (χ0n) is 15.7. The van der Waals surface area contributed by atoms with E-state index in [9.17, 15) is 9.90 Å². The zero-order valence-corrected chi connectivity index (χ0v) is 15.7. The van der Waals surface area contributed by atoms with Gasteiger partial charge in [-0.05, 0) is 49.1 Å². The van der Waals surface area contributed by atoms with Crippen molar-refractivity contribution in [2.45, 2.75) is 26.4 Å². The number of benzene rings is 2. The van der Waals surface area contributed by atoms with Crippen molar-refractivity contribution in [3.63, 3.8) is 0 Å². The number of ether oxygens (including phenoxy) is 1. The van der Waals surface area contributed by atoms with Gasteiger partial charge in [0.1, 0.15) is 12.4 Å². The van der Waals surface area contributed by atoms with Crippen molar-refractivity contribution >= 4 is 6.03 Å². The molecule has 140 valence electrons. The summed E-state index contributed by atoms with van der Waals surface area (Å²) >= 11 is 0. The fraction of sp³-hybridized carbons (Fsp3) is 0.381. The number of aliphatic hydroxyl groups is 1. The van der Waals surface area contributed by atoms with Gasteiger partial charge in [-0.15, -0.1) is 0 Å². The summed E-state index contributed by atoms with van der Waals surface area (Å²) in [5.74, 6) is 0.807. The molecule has 0 aliphatic carbocycles. The summed E-state index contributed by atoms with van der Waals surface area (Å²) in [5, 5.41) is 13.0. The smallest absolute Gasteiger partial charge is 0.317 e. The number of aliphatic hydroxyl groups excluding tert-OH is 1. The van der Waals surface area contributed by atoms with E-state index in [1.54, 1.807) is 11.9 Å². The Morgan fingerprint density at radius 1 is 1.15 bits per heavy atom. The summed E-state index contributed by atoms with van der Waals surface area (Å²) in [6.45, 7) is 5.42. The molecule has 2 rings (SSSR count). The molecule has 0 aliphatic rings. The largest absolute Gasteiger partial charge is 0.492 e. The lowest BCUT2D eigenvalue weighted by molar-refractivity contribution is 0.149. The number of aryl methyl sites for hydroxylation is 2. The normalized spacial score (nSPS) is 11.7. The zero-order chi connectivity index (χ0) is 18.9. The average molecular weight is 356 g/mol. The molecule has 2 N–H and O–H groups in total. The van der Waals surface area contributed by atoms with Gasteiger partial charge in [0.05, 0.1) is 12.6 Å². The molecule has 5 nitrogen and oxygen atoms in total. The van der Waals surface area contributed by atoms with Gasteiger partial charge in [-0.1, -0.05) is 36.4 Å². The molecule has 0 saturated heterocycles. The number of nitrogens with zero attached hydrogens (tertiary/aromatic N) is 1. The van der Waals surface area contributed by atoms with E-state index in [0.29, 0.717) is 26.1 Å². The number of amides is 2. The van der Waals surface area contributed by atoms with Crippen LogP contribution in [-0.4, -0.2) is 42.8 Å². The molecule has 2 amide bonds. The molecule has 0 saturated carbocycles. The summed E-state index contributed by atoms with van der Waals surface area (Å²) in [5.41, 5.74) is 3.27. The lowest BCUT2D eigenvalue weighted by Crippen LogP contribution is -2.39. The third kappa shape index (κ3) is 6.08.